The summed E-state index contributed by atoms with van der Waals surface area (Å²) in [5.41, 5.74) is 3.79. The number of carbonyl (C=O) groups excluding carboxylic acids is 2. The number of benzene rings is 2. The fourth-order valence-electron chi connectivity index (χ4n) is 4.29. The van der Waals surface area contributed by atoms with Crippen molar-refractivity contribution in [2.45, 2.75) is 31.8 Å². The van der Waals surface area contributed by atoms with Gasteiger partial charge in [-0.05, 0) is 47.9 Å². The Morgan fingerprint density at radius 3 is 2.37 bits per heavy atom. The quantitative estimate of drug-likeness (QED) is 0.259. The number of pyridine rings is 1. The number of alkyl halides is 3. The molecule has 0 aliphatic carbocycles. The number of nitrogens with zero attached hydrogens (tertiary/aromatic N) is 3. The molecule has 0 unspecified atom stereocenters. The zero-order valence-electron chi connectivity index (χ0n) is 20.9. The van der Waals surface area contributed by atoms with Crippen LogP contribution in [0.2, 0.25) is 0 Å². The van der Waals surface area contributed by atoms with Crippen molar-refractivity contribution in [3.05, 3.63) is 106 Å². The molecule has 41 heavy (non-hydrogen) atoms. The van der Waals surface area contributed by atoms with Gasteiger partial charge in [0.25, 0.3) is 5.91 Å². The first-order chi connectivity index (χ1) is 19.3. The molecular formula is C27H21F6N5O3. The van der Waals surface area contributed by atoms with Gasteiger partial charge in [0.15, 0.2) is 5.69 Å². The van der Waals surface area contributed by atoms with Gasteiger partial charge in [-0.3, -0.25) is 19.3 Å². The molecule has 8 nitrogen and oxygen atoms in total. The maximum absolute atomic E-state index is 14.1. The number of aliphatic hydroxyl groups excluding tert-OH is 1. The van der Waals surface area contributed by atoms with E-state index in [9.17, 15) is 41.0 Å². The molecule has 4 rings (SSSR count). The van der Waals surface area contributed by atoms with Gasteiger partial charge in [0.2, 0.25) is 5.91 Å². The number of nitrogens with one attached hydrogen (secondary N) is 1. The Morgan fingerprint density at radius 2 is 1.76 bits per heavy atom. The van der Waals surface area contributed by atoms with Crippen molar-refractivity contribution in [3.8, 4) is 11.1 Å². The van der Waals surface area contributed by atoms with Crippen molar-refractivity contribution in [2.75, 3.05) is 0 Å². The molecule has 0 bridgehead atoms. The van der Waals surface area contributed by atoms with Gasteiger partial charge in [-0.1, -0.05) is 12.1 Å². The van der Waals surface area contributed by atoms with Gasteiger partial charge >= 0.3 is 6.18 Å². The van der Waals surface area contributed by atoms with Crippen molar-refractivity contribution >= 4 is 11.8 Å². The highest BCUT2D eigenvalue weighted by molar-refractivity contribution is 5.94. The van der Waals surface area contributed by atoms with Crippen LogP contribution < -0.4 is 11.1 Å². The number of amides is 2. The molecule has 214 valence electrons. The van der Waals surface area contributed by atoms with Crippen LogP contribution in [0.15, 0.2) is 60.9 Å². The second kappa shape index (κ2) is 11.8. The minimum atomic E-state index is -4.87. The summed E-state index contributed by atoms with van der Waals surface area (Å²) >= 11 is 0. The third-order valence-electron chi connectivity index (χ3n) is 5.99. The Morgan fingerprint density at radius 1 is 1.05 bits per heavy atom. The summed E-state index contributed by atoms with van der Waals surface area (Å²) in [6.07, 6.45) is -2.86. The first kappa shape index (κ1) is 29.3. The Labute approximate surface area is 228 Å². The maximum atomic E-state index is 14.1. The van der Waals surface area contributed by atoms with Gasteiger partial charge < -0.3 is 16.2 Å². The molecule has 0 saturated carbocycles. The summed E-state index contributed by atoms with van der Waals surface area (Å²) < 4.78 is 82.4. The summed E-state index contributed by atoms with van der Waals surface area (Å²) in [5.74, 6) is -4.52. The number of rotatable bonds is 9. The average molecular weight is 577 g/mol. The number of carbonyl (C=O) groups is 2. The Balaban J connectivity index is 1.73. The zero-order chi connectivity index (χ0) is 29.9. The molecule has 2 aromatic heterocycles. The van der Waals surface area contributed by atoms with Crippen molar-refractivity contribution in [1.82, 2.24) is 20.1 Å². The lowest BCUT2D eigenvalue weighted by Gasteiger charge is -2.22. The molecule has 4 N–H and O–H groups in total. The Hall–Kier alpha value is -4.72. The fraction of sp³-hybridized carbons (Fsp3) is 0.185. The van der Waals surface area contributed by atoms with E-state index in [4.69, 9.17) is 5.73 Å². The standard InChI is InChI=1S/C27H21F6N5O3/c28-17-6-14(7-18(29)10-17)8-22(36-23(40)12-38-11-16(13-39)25(37-38)27(31,32)33)24-19(2-1-5-35-24)15-3-4-21(30)20(9-15)26(34)41/h1-7,9-11,22,39H,8,12-13H2,(H2,34,41)(H,36,40)/t22-/m0/s1. The van der Waals surface area contributed by atoms with E-state index in [1.54, 1.807) is 6.07 Å². The molecule has 0 saturated heterocycles. The van der Waals surface area contributed by atoms with E-state index in [1.807, 2.05) is 0 Å². The van der Waals surface area contributed by atoms with Gasteiger partial charge in [-0.15, -0.1) is 0 Å². The smallest absolute Gasteiger partial charge is 0.392 e. The number of aliphatic hydroxyl groups is 1. The van der Waals surface area contributed by atoms with E-state index >= 15 is 0 Å². The first-order valence-electron chi connectivity index (χ1n) is 11.9. The monoisotopic (exact) mass is 577 g/mol. The predicted molar refractivity (Wildman–Crippen MR) is 132 cm³/mol. The van der Waals surface area contributed by atoms with Gasteiger partial charge in [-0.25, -0.2) is 13.2 Å². The van der Waals surface area contributed by atoms with Crippen LogP contribution in [0.3, 0.4) is 0 Å². The molecular weight excluding hydrogens is 556 g/mol. The molecule has 2 aromatic carbocycles. The Kier molecular flexibility index (Phi) is 8.42. The lowest BCUT2D eigenvalue weighted by Crippen LogP contribution is -2.34. The molecule has 0 aliphatic heterocycles. The minimum absolute atomic E-state index is 0.113. The second-order valence-electron chi connectivity index (χ2n) is 8.95. The van der Waals surface area contributed by atoms with Crippen LogP contribution in [-0.2, 0) is 30.5 Å². The number of nitrogens with two attached hydrogens (primary N) is 1. The third kappa shape index (κ3) is 6.90. The van der Waals surface area contributed by atoms with Crippen LogP contribution in [0.1, 0.15) is 38.9 Å². The molecule has 0 fully saturated rings. The van der Waals surface area contributed by atoms with E-state index in [0.717, 1.165) is 24.4 Å². The lowest BCUT2D eigenvalue weighted by atomic mass is 9.94. The van der Waals surface area contributed by atoms with Gasteiger partial charge in [0.05, 0.1) is 23.9 Å². The average Bonchev–Trinajstić information content (AvgIpc) is 3.31. The molecule has 14 heteroatoms. The van der Waals surface area contributed by atoms with Crippen LogP contribution in [-0.4, -0.2) is 31.7 Å². The highest BCUT2D eigenvalue weighted by Gasteiger charge is 2.37. The van der Waals surface area contributed by atoms with Gasteiger partial charge in [0.1, 0.15) is 24.0 Å². The third-order valence-corrected chi connectivity index (χ3v) is 5.99. The molecule has 0 radical (unpaired) electrons. The van der Waals surface area contributed by atoms with E-state index < -0.39 is 71.5 Å². The molecule has 2 amide bonds. The normalized spacial score (nSPS) is 12.3. The Bertz CT molecular complexity index is 1580. The number of hydrogen-bond acceptors (Lipinski definition) is 5. The van der Waals surface area contributed by atoms with Crippen LogP contribution in [0.25, 0.3) is 11.1 Å². The predicted octanol–water partition coefficient (Wildman–Crippen LogP) is 4.07. The van der Waals surface area contributed by atoms with Gasteiger partial charge in [-0.2, -0.15) is 18.3 Å². The summed E-state index contributed by atoms with van der Waals surface area (Å²) in [6.45, 7) is -1.67. The molecule has 1 atom stereocenters. The summed E-state index contributed by atoms with van der Waals surface area (Å²) in [4.78, 5) is 29.0. The van der Waals surface area contributed by atoms with Crippen molar-refractivity contribution in [1.29, 1.82) is 0 Å². The topological polar surface area (TPSA) is 123 Å². The molecule has 0 aliphatic rings. The molecule has 4 aromatic rings. The van der Waals surface area contributed by atoms with Crippen LogP contribution in [0, 0.1) is 17.5 Å². The highest BCUT2D eigenvalue weighted by atomic mass is 19.4. The van der Waals surface area contributed by atoms with Crippen molar-refractivity contribution < 1.29 is 41.0 Å². The van der Waals surface area contributed by atoms with E-state index in [-0.39, 0.29) is 23.2 Å². The summed E-state index contributed by atoms with van der Waals surface area (Å²) in [5, 5.41) is 15.2. The second-order valence-corrected chi connectivity index (χ2v) is 8.95. The largest absolute Gasteiger partial charge is 0.435 e. The summed E-state index contributed by atoms with van der Waals surface area (Å²) in [7, 11) is 0. The zero-order valence-corrected chi connectivity index (χ0v) is 20.9. The van der Waals surface area contributed by atoms with Crippen molar-refractivity contribution in [2.24, 2.45) is 5.73 Å². The maximum Gasteiger partial charge on any atom is 0.435 e. The highest BCUT2D eigenvalue weighted by Crippen LogP contribution is 2.32. The minimum Gasteiger partial charge on any atom is -0.392 e. The van der Waals surface area contributed by atoms with Gasteiger partial charge in [0, 0.05) is 29.6 Å². The number of aromatic nitrogens is 3. The number of halogens is 6. The fourth-order valence-corrected chi connectivity index (χ4v) is 4.29. The van der Waals surface area contributed by atoms with Crippen LogP contribution >= 0.6 is 0 Å². The number of primary amides is 1. The summed E-state index contributed by atoms with van der Waals surface area (Å²) in [6, 6.07) is 8.19. The molecule has 0 spiro atoms. The van der Waals surface area contributed by atoms with Crippen LogP contribution in [0.4, 0.5) is 26.3 Å². The number of hydrogen-bond donors (Lipinski definition) is 3. The molecule has 2 heterocycles. The lowest BCUT2D eigenvalue weighted by molar-refractivity contribution is -0.142. The van der Waals surface area contributed by atoms with Crippen LogP contribution in [0.5, 0.6) is 0 Å². The van der Waals surface area contributed by atoms with Crippen molar-refractivity contribution in [3.63, 3.8) is 0 Å². The van der Waals surface area contributed by atoms with E-state index in [2.05, 4.69) is 15.4 Å². The van der Waals surface area contributed by atoms with E-state index in [1.165, 1.54) is 24.4 Å². The first-order valence-corrected chi connectivity index (χ1v) is 11.9. The van der Waals surface area contributed by atoms with E-state index in [0.29, 0.717) is 16.3 Å². The SMILES string of the molecule is NC(=O)c1cc(-c2cccnc2[C@H](Cc2cc(F)cc(F)c2)NC(=O)Cn2cc(CO)c(C(F)(F)F)n2)ccc1F.